The molecule has 1 saturated heterocycles. The summed E-state index contributed by atoms with van der Waals surface area (Å²) in [6, 6.07) is -2.16. The molecule has 4 unspecified atom stereocenters. The summed E-state index contributed by atoms with van der Waals surface area (Å²) < 4.78 is 38.4. The highest BCUT2D eigenvalue weighted by atomic mass is 19.4. The zero-order valence-corrected chi connectivity index (χ0v) is 11.2. The third-order valence-corrected chi connectivity index (χ3v) is 3.09. The minimum Gasteiger partial charge on any atom is -0.320 e. The first kappa shape index (κ1) is 15.7. The molecule has 0 aliphatic carbocycles. The van der Waals surface area contributed by atoms with E-state index in [1.54, 1.807) is 6.92 Å². The van der Waals surface area contributed by atoms with E-state index in [9.17, 15) is 13.2 Å². The molecule has 0 aromatic heterocycles. The summed E-state index contributed by atoms with van der Waals surface area (Å²) in [5, 5.41) is 9.14. The molecule has 0 bridgehead atoms. The molecule has 1 aliphatic heterocycles. The van der Waals surface area contributed by atoms with Gasteiger partial charge in [-0.3, -0.25) is 10.6 Å². The van der Waals surface area contributed by atoms with Crippen LogP contribution in [0.15, 0.2) is 0 Å². The standard InChI is InChI=1S/C11H23F3N4/c1-6-7(8(15)11(12,13)14)9(17-5-16-6)18-10(2,3)4/h6-9,16-18H,5,15H2,1-4H3. The molecule has 0 amide bonds. The Morgan fingerprint density at radius 2 is 1.78 bits per heavy atom. The number of nitrogens with one attached hydrogen (secondary N) is 3. The zero-order valence-electron chi connectivity index (χ0n) is 11.2. The van der Waals surface area contributed by atoms with Crippen LogP contribution in [0, 0.1) is 5.92 Å². The number of alkyl halides is 3. The van der Waals surface area contributed by atoms with Crippen molar-refractivity contribution in [2.45, 2.75) is 57.7 Å². The van der Waals surface area contributed by atoms with Gasteiger partial charge >= 0.3 is 6.18 Å². The Bertz CT molecular complexity index is 274. The number of nitrogens with two attached hydrogens (primary N) is 1. The van der Waals surface area contributed by atoms with E-state index in [4.69, 9.17) is 5.73 Å². The Balaban J connectivity index is 2.86. The SMILES string of the molecule is CC1NCNC(NC(C)(C)C)C1C(N)C(F)(F)F. The van der Waals surface area contributed by atoms with Crippen LogP contribution >= 0.6 is 0 Å². The predicted octanol–water partition coefficient (Wildman–Crippen LogP) is 0.745. The number of hydrogen-bond acceptors (Lipinski definition) is 4. The largest absolute Gasteiger partial charge is 0.404 e. The Kier molecular flexibility index (Phi) is 4.64. The van der Waals surface area contributed by atoms with Gasteiger partial charge in [0, 0.05) is 24.2 Å². The summed E-state index contributed by atoms with van der Waals surface area (Å²) in [5.41, 5.74) is 5.10. The van der Waals surface area contributed by atoms with Gasteiger partial charge in [-0.25, -0.2) is 0 Å². The molecule has 7 heteroatoms. The molecule has 0 aromatic rings. The van der Waals surface area contributed by atoms with E-state index in [1.807, 2.05) is 20.8 Å². The lowest BCUT2D eigenvalue weighted by atomic mass is 9.87. The molecule has 4 nitrogen and oxygen atoms in total. The van der Waals surface area contributed by atoms with Crippen LogP contribution in [0.4, 0.5) is 13.2 Å². The topological polar surface area (TPSA) is 62.1 Å². The fourth-order valence-electron chi connectivity index (χ4n) is 2.24. The first-order chi connectivity index (χ1) is 8.02. The van der Waals surface area contributed by atoms with Crippen LogP contribution < -0.4 is 21.7 Å². The van der Waals surface area contributed by atoms with Crippen molar-refractivity contribution in [1.82, 2.24) is 16.0 Å². The summed E-state index contributed by atoms with van der Waals surface area (Å²) in [4.78, 5) is 0. The molecule has 1 fully saturated rings. The van der Waals surface area contributed by atoms with E-state index in [0.717, 1.165) is 0 Å². The fourth-order valence-corrected chi connectivity index (χ4v) is 2.24. The van der Waals surface area contributed by atoms with Gasteiger partial charge in [-0.15, -0.1) is 0 Å². The normalized spacial score (nSPS) is 32.3. The second kappa shape index (κ2) is 5.32. The van der Waals surface area contributed by atoms with E-state index >= 15 is 0 Å². The molecule has 1 aliphatic rings. The van der Waals surface area contributed by atoms with Gasteiger partial charge in [0.2, 0.25) is 0 Å². The van der Waals surface area contributed by atoms with Gasteiger partial charge in [0.15, 0.2) is 0 Å². The number of hydrogen-bond donors (Lipinski definition) is 4. The van der Waals surface area contributed by atoms with Crippen molar-refractivity contribution in [2.24, 2.45) is 11.7 Å². The van der Waals surface area contributed by atoms with Crippen molar-refractivity contribution in [3.8, 4) is 0 Å². The second-order valence-electron chi connectivity index (χ2n) is 5.89. The average Bonchev–Trinajstić information content (AvgIpc) is 2.13. The first-order valence-electron chi connectivity index (χ1n) is 6.09. The maximum atomic E-state index is 12.8. The maximum Gasteiger partial charge on any atom is 0.404 e. The van der Waals surface area contributed by atoms with Crippen molar-refractivity contribution < 1.29 is 13.2 Å². The Labute approximate surface area is 106 Å². The molecule has 0 radical (unpaired) electrons. The molecule has 5 N–H and O–H groups in total. The van der Waals surface area contributed by atoms with E-state index in [1.165, 1.54) is 0 Å². The quantitative estimate of drug-likeness (QED) is 0.597. The summed E-state index contributed by atoms with van der Waals surface area (Å²) in [7, 11) is 0. The molecule has 0 aromatic carbocycles. The number of halogens is 3. The van der Waals surface area contributed by atoms with Gasteiger partial charge in [0.05, 0.1) is 6.17 Å². The highest BCUT2D eigenvalue weighted by molar-refractivity contribution is 4.97. The minimum absolute atomic E-state index is 0.279. The van der Waals surface area contributed by atoms with Crippen molar-refractivity contribution in [1.29, 1.82) is 0 Å². The maximum absolute atomic E-state index is 12.8. The Hall–Kier alpha value is -0.370. The van der Waals surface area contributed by atoms with Crippen molar-refractivity contribution in [2.75, 3.05) is 6.67 Å². The summed E-state index contributed by atoms with van der Waals surface area (Å²) >= 11 is 0. The van der Waals surface area contributed by atoms with Gasteiger partial charge in [0.25, 0.3) is 0 Å². The first-order valence-corrected chi connectivity index (χ1v) is 6.09. The lowest BCUT2D eigenvalue weighted by molar-refractivity contribution is -0.167. The lowest BCUT2D eigenvalue weighted by Gasteiger charge is -2.44. The smallest absolute Gasteiger partial charge is 0.320 e. The third-order valence-electron chi connectivity index (χ3n) is 3.09. The van der Waals surface area contributed by atoms with Crippen LogP contribution in [0.25, 0.3) is 0 Å². The number of rotatable bonds is 2. The van der Waals surface area contributed by atoms with Gasteiger partial charge in [-0.05, 0) is 27.7 Å². The predicted molar refractivity (Wildman–Crippen MR) is 64.8 cm³/mol. The summed E-state index contributed by atoms with van der Waals surface area (Å²) in [6.07, 6.45) is -4.85. The molecule has 0 saturated carbocycles. The summed E-state index contributed by atoms with van der Waals surface area (Å²) in [5.74, 6) is -0.752. The molecule has 18 heavy (non-hydrogen) atoms. The highest BCUT2D eigenvalue weighted by Crippen LogP contribution is 2.29. The monoisotopic (exact) mass is 268 g/mol. The molecule has 1 heterocycles. The summed E-state index contributed by atoms with van der Waals surface area (Å²) in [6.45, 7) is 7.94. The van der Waals surface area contributed by atoms with Crippen molar-refractivity contribution >= 4 is 0 Å². The Morgan fingerprint density at radius 3 is 2.22 bits per heavy atom. The molecule has 4 atom stereocenters. The van der Waals surface area contributed by atoms with E-state index < -0.39 is 24.3 Å². The van der Waals surface area contributed by atoms with Crippen molar-refractivity contribution in [3.63, 3.8) is 0 Å². The van der Waals surface area contributed by atoms with Gasteiger partial charge in [-0.2, -0.15) is 13.2 Å². The van der Waals surface area contributed by atoms with E-state index in [-0.39, 0.29) is 11.6 Å². The van der Waals surface area contributed by atoms with Crippen LogP contribution in [0.2, 0.25) is 0 Å². The third kappa shape index (κ3) is 4.08. The molecular weight excluding hydrogens is 245 g/mol. The zero-order chi connectivity index (χ0) is 14.1. The molecule has 1 rings (SSSR count). The second-order valence-corrected chi connectivity index (χ2v) is 5.89. The van der Waals surface area contributed by atoms with Gasteiger partial charge in [0.1, 0.15) is 6.04 Å². The van der Waals surface area contributed by atoms with Crippen LogP contribution in [0.1, 0.15) is 27.7 Å². The van der Waals surface area contributed by atoms with Crippen molar-refractivity contribution in [3.05, 3.63) is 0 Å². The van der Waals surface area contributed by atoms with E-state index in [0.29, 0.717) is 6.67 Å². The average molecular weight is 268 g/mol. The van der Waals surface area contributed by atoms with Gasteiger partial charge < -0.3 is 11.1 Å². The highest BCUT2D eigenvalue weighted by Gasteiger charge is 2.48. The van der Waals surface area contributed by atoms with Gasteiger partial charge in [-0.1, -0.05) is 0 Å². The lowest BCUT2D eigenvalue weighted by Crippen LogP contribution is -2.70. The van der Waals surface area contributed by atoms with Crippen LogP contribution in [0.5, 0.6) is 0 Å². The molecular formula is C11H23F3N4. The Morgan fingerprint density at radius 1 is 1.22 bits per heavy atom. The minimum atomic E-state index is -4.39. The van der Waals surface area contributed by atoms with E-state index in [2.05, 4.69) is 16.0 Å². The van der Waals surface area contributed by atoms with Crippen LogP contribution in [-0.4, -0.2) is 36.6 Å². The van der Waals surface area contributed by atoms with Crippen LogP contribution in [-0.2, 0) is 0 Å². The molecule has 0 spiro atoms. The van der Waals surface area contributed by atoms with Crippen LogP contribution in [0.3, 0.4) is 0 Å². The molecule has 108 valence electrons. The fraction of sp³-hybridized carbons (Fsp3) is 1.00.